The third-order valence-corrected chi connectivity index (χ3v) is 2.94. The maximum absolute atomic E-state index is 5.68. The zero-order valence-electron chi connectivity index (χ0n) is 11.8. The van der Waals surface area contributed by atoms with Gasteiger partial charge in [-0.3, -0.25) is 4.68 Å². The molecular weight excluding hydrogens is 238 g/mol. The lowest BCUT2D eigenvalue weighted by Gasteiger charge is -2.08. The molecule has 0 aliphatic heterocycles. The molecule has 0 aliphatic rings. The van der Waals surface area contributed by atoms with Crippen LogP contribution in [0.1, 0.15) is 17.0 Å². The van der Waals surface area contributed by atoms with Crippen molar-refractivity contribution in [3.63, 3.8) is 0 Å². The van der Waals surface area contributed by atoms with E-state index < -0.39 is 0 Å². The molecule has 4 heteroatoms. The Labute approximate surface area is 114 Å². The molecule has 0 radical (unpaired) electrons. The fourth-order valence-electron chi connectivity index (χ4n) is 1.99. The van der Waals surface area contributed by atoms with Crippen LogP contribution < -0.4 is 10.1 Å². The Bertz CT molecular complexity index is 534. The average molecular weight is 259 g/mol. The number of rotatable bonds is 6. The van der Waals surface area contributed by atoms with Crippen LogP contribution in [0.15, 0.2) is 30.3 Å². The Morgan fingerprint density at radius 3 is 2.79 bits per heavy atom. The maximum Gasteiger partial charge on any atom is 0.119 e. The second-order valence-electron chi connectivity index (χ2n) is 4.74. The number of aryl methyl sites for hydroxylation is 3. The van der Waals surface area contributed by atoms with Crippen LogP contribution in [0.4, 0.5) is 0 Å². The van der Waals surface area contributed by atoms with Gasteiger partial charge >= 0.3 is 0 Å². The second-order valence-corrected chi connectivity index (χ2v) is 4.74. The highest BCUT2D eigenvalue weighted by Gasteiger charge is 2.00. The summed E-state index contributed by atoms with van der Waals surface area (Å²) in [6.45, 7) is 6.37. The van der Waals surface area contributed by atoms with E-state index in [0.29, 0.717) is 6.61 Å². The van der Waals surface area contributed by atoms with Gasteiger partial charge in [0.1, 0.15) is 12.4 Å². The van der Waals surface area contributed by atoms with E-state index in [1.165, 1.54) is 11.3 Å². The minimum atomic E-state index is 0.667. The average Bonchev–Trinajstić information content (AvgIpc) is 2.68. The molecule has 0 saturated heterocycles. The molecular formula is C15H21N3O. The van der Waals surface area contributed by atoms with Crippen LogP contribution in [-0.2, 0) is 13.6 Å². The van der Waals surface area contributed by atoms with Crippen LogP contribution in [0.2, 0.25) is 0 Å². The largest absolute Gasteiger partial charge is 0.492 e. The van der Waals surface area contributed by atoms with E-state index >= 15 is 0 Å². The van der Waals surface area contributed by atoms with E-state index in [2.05, 4.69) is 29.5 Å². The highest BCUT2D eigenvalue weighted by molar-refractivity contribution is 5.27. The Morgan fingerprint density at radius 1 is 1.26 bits per heavy atom. The lowest BCUT2D eigenvalue weighted by Crippen LogP contribution is -2.21. The molecule has 2 aromatic rings. The predicted molar refractivity (Wildman–Crippen MR) is 76.3 cm³/mol. The molecule has 0 unspecified atom stereocenters. The number of aromatic nitrogens is 2. The molecule has 102 valence electrons. The van der Waals surface area contributed by atoms with Crippen molar-refractivity contribution >= 4 is 0 Å². The van der Waals surface area contributed by atoms with Crippen molar-refractivity contribution in [1.29, 1.82) is 0 Å². The van der Waals surface area contributed by atoms with Gasteiger partial charge in [0.15, 0.2) is 0 Å². The molecule has 0 amide bonds. The number of nitrogens with one attached hydrogen (secondary N) is 1. The SMILES string of the molecule is Cc1cccc(OCCNCc2cc(C)nn2C)c1. The van der Waals surface area contributed by atoms with Gasteiger partial charge in [0.25, 0.3) is 0 Å². The lowest BCUT2D eigenvalue weighted by atomic mass is 10.2. The van der Waals surface area contributed by atoms with E-state index in [-0.39, 0.29) is 0 Å². The lowest BCUT2D eigenvalue weighted by molar-refractivity contribution is 0.313. The summed E-state index contributed by atoms with van der Waals surface area (Å²) >= 11 is 0. The molecule has 0 bridgehead atoms. The molecule has 0 fully saturated rings. The number of benzene rings is 1. The van der Waals surface area contributed by atoms with E-state index in [4.69, 9.17) is 4.74 Å². The van der Waals surface area contributed by atoms with E-state index in [1.54, 1.807) is 0 Å². The number of ether oxygens (including phenoxy) is 1. The van der Waals surface area contributed by atoms with E-state index in [0.717, 1.165) is 24.5 Å². The molecule has 2 rings (SSSR count). The van der Waals surface area contributed by atoms with Crippen molar-refractivity contribution in [2.24, 2.45) is 7.05 Å². The van der Waals surface area contributed by atoms with Gasteiger partial charge in [0.2, 0.25) is 0 Å². The summed E-state index contributed by atoms with van der Waals surface area (Å²) in [5.41, 5.74) is 3.46. The zero-order valence-corrected chi connectivity index (χ0v) is 11.8. The van der Waals surface area contributed by atoms with E-state index in [1.807, 2.05) is 36.9 Å². The summed E-state index contributed by atoms with van der Waals surface area (Å²) in [6.07, 6.45) is 0. The fourth-order valence-corrected chi connectivity index (χ4v) is 1.99. The van der Waals surface area contributed by atoms with Crippen molar-refractivity contribution < 1.29 is 4.74 Å². The molecule has 1 aromatic carbocycles. The fraction of sp³-hybridized carbons (Fsp3) is 0.400. The third-order valence-electron chi connectivity index (χ3n) is 2.94. The smallest absolute Gasteiger partial charge is 0.119 e. The monoisotopic (exact) mass is 259 g/mol. The van der Waals surface area contributed by atoms with Crippen LogP contribution in [0, 0.1) is 13.8 Å². The topological polar surface area (TPSA) is 39.1 Å². The first-order chi connectivity index (χ1) is 9.15. The molecule has 0 saturated carbocycles. The summed E-state index contributed by atoms with van der Waals surface area (Å²) in [4.78, 5) is 0. The van der Waals surface area contributed by atoms with Crippen LogP contribution in [0.3, 0.4) is 0 Å². The maximum atomic E-state index is 5.68. The van der Waals surface area contributed by atoms with Crippen molar-refractivity contribution in [2.75, 3.05) is 13.2 Å². The zero-order chi connectivity index (χ0) is 13.7. The summed E-state index contributed by atoms with van der Waals surface area (Å²) in [5, 5.41) is 7.67. The summed E-state index contributed by atoms with van der Waals surface area (Å²) in [7, 11) is 1.97. The quantitative estimate of drug-likeness (QED) is 0.808. The minimum absolute atomic E-state index is 0.667. The van der Waals surface area contributed by atoms with Gasteiger partial charge in [0, 0.05) is 20.1 Å². The Hall–Kier alpha value is -1.81. The summed E-state index contributed by atoms with van der Waals surface area (Å²) in [5.74, 6) is 0.929. The Kier molecular flexibility index (Phi) is 4.58. The number of nitrogens with zero attached hydrogens (tertiary/aromatic N) is 2. The first kappa shape index (κ1) is 13.6. The minimum Gasteiger partial charge on any atom is -0.492 e. The molecule has 1 aromatic heterocycles. The van der Waals surface area contributed by atoms with Crippen LogP contribution in [0.25, 0.3) is 0 Å². The first-order valence-electron chi connectivity index (χ1n) is 6.55. The van der Waals surface area contributed by atoms with Crippen LogP contribution in [-0.4, -0.2) is 22.9 Å². The Balaban J connectivity index is 1.69. The number of hydrogen-bond donors (Lipinski definition) is 1. The molecule has 4 nitrogen and oxygen atoms in total. The predicted octanol–water partition coefficient (Wildman–Crippen LogP) is 2.21. The van der Waals surface area contributed by atoms with Crippen molar-refractivity contribution in [1.82, 2.24) is 15.1 Å². The van der Waals surface area contributed by atoms with Crippen LogP contribution >= 0.6 is 0 Å². The molecule has 0 spiro atoms. The van der Waals surface area contributed by atoms with Crippen LogP contribution in [0.5, 0.6) is 5.75 Å². The van der Waals surface area contributed by atoms with Crippen molar-refractivity contribution in [2.45, 2.75) is 20.4 Å². The molecule has 19 heavy (non-hydrogen) atoms. The van der Waals surface area contributed by atoms with Gasteiger partial charge in [-0.1, -0.05) is 12.1 Å². The standard InChI is InChI=1S/C15H21N3O/c1-12-5-4-6-15(9-12)19-8-7-16-11-14-10-13(2)17-18(14)3/h4-6,9-10,16H,7-8,11H2,1-3H3. The van der Waals surface area contributed by atoms with Gasteiger partial charge in [0.05, 0.1) is 11.4 Å². The third kappa shape index (κ3) is 4.10. The van der Waals surface area contributed by atoms with Gasteiger partial charge < -0.3 is 10.1 Å². The highest BCUT2D eigenvalue weighted by Crippen LogP contribution is 2.11. The summed E-state index contributed by atoms with van der Waals surface area (Å²) in [6, 6.07) is 10.2. The highest BCUT2D eigenvalue weighted by atomic mass is 16.5. The molecule has 1 heterocycles. The van der Waals surface area contributed by atoms with E-state index in [9.17, 15) is 0 Å². The van der Waals surface area contributed by atoms with Gasteiger partial charge in [-0.2, -0.15) is 5.10 Å². The molecule has 0 atom stereocenters. The van der Waals surface area contributed by atoms with Gasteiger partial charge in [-0.05, 0) is 37.6 Å². The van der Waals surface area contributed by atoms with Gasteiger partial charge in [-0.15, -0.1) is 0 Å². The van der Waals surface area contributed by atoms with Crippen molar-refractivity contribution in [3.8, 4) is 5.75 Å². The number of hydrogen-bond acceptors (Lipinski definition) is 3. The first-order valence-corrected chi connectivity index (χ1v) is 6.55. The Morgan fingerprint density at radius 2 is 2.11 bits per heavy atom. The second kappa shape index (κ2) is 6.38. The van der Waals surface area contributed by atoms with Crippen molar-refractivity contribution in [3.05, 3.63) is 47.3 Å². The summed E-state index contributed by atoms with van der Waals surface area (Å²) < 4.78 is 7.58. The van der Waals surface area contributed by atoms with Gasteiger partial charge in [-0.25, -0.2) is 0 Å². The normalized spacial score (nSPS) is 10.7. The molecule has 0 aliphatic carbocycles. The molecule has 1 N–H and O–H groups in total.